The molecule has 0 aromatic heterocycles. The number of thiol groups is 1. The fourth-order valence-electron chi connectivity index (χ4n) is 0.167. The van der Waals surface area contributed by atoms with Crippen molar-refractivity contribution < 1.29 is 8.42 Å². The van der Waals surface area contributed by atoms with E-state index in [0.717, 1.165) is 5.92 Å². The normalized spacial score (nSPS) is 17.4. The van der Waals surface area contributed by atoms with Gasteiger partial charge >= 0.3 is 0 Å². The Morgan fingerprint density at radius 2 is 1.62 bits per heavy atom. The molecular formula is C4H11NO2S. The molecule has 0 aromatic rings. The van der Waals surface area contributed by atoms with Crippen molar-refractivity contribution in [2.75, 3.05) is 0 Å². The van der Waals surface area contributed by atoms with Crippen LogP contribution in [0.25, 0.3) is 0 Å². The van der Waals surface area contributed by atoms with E-state index in [4.69, 9.17) is 8.42 Å². The van der Waals surface area contributed by atoms with Crippen molar-refractivity contribution in [3.8, 4) is 0 Å². The van der Waals surface area contributed by atoms with Crippen LogP contribution in [-0.4, -0.2) is 8.42 Å². The zero-order valence-corrected chi connectivity index (χ0v) is 5.73. The lowest BCUT2D eigenvalue weighted by Gasteiger charge is -1.53. The number of rotatable bonds is 0. The van der Waals surface area contributed by atoms with E-state index in [-0.39, 0.29) is 0 Å². The monoisotopic (exact) mass is 137 g/mol. The Labute approximate surface area is 51.0 Å². The molecule has 0 bridgehead atoms. The summed E-state index contributed by atoms with van der Waals surface area (Å²) in [4.78, 5) is 0. The molecule has 0 radical (unpaired) electrons. The summed E-state index contributed by atoms with van der Waals surface area (Å²) < 4.78 is 17.6. The van der Waals surface area contributed by atoms with E-state index in [1.54, 1.807) is 0 Å². The predicted molar refractivity (Wildman–Crippen MR) is 32.9 cm³/mol. The highest BCUT2D eigenvalue weighted by atomic mass is 32.2. The molecule has 1 fully saturated rings. The van der Waals surface area contributed by atoms with Gasteiger partial charge in [0.05, 0.1) is 0 Å². The number of hydrogen-bond acceptors (Lipinski definition) is 2. The van der Waals surface area contributed by atoms with Crippen molar-refractivity contribution in [1.82, 2.24) is 0 Å². The molecule has 0 atom stereocenters. The Morgan fingerprint density at radius 1 is 1.50 bits per heavy atom. The molecule has 4 heteroatoms. The molecule has 2 N–H and O–H groups in total. The first kappa shape index (κ1) is 7.91. The molecule has 1 aliphatic carbocycles. The number of hydrogen-bond donors (Lipinski definition) is 2. The molecule has 3 nitrogen and oxygen atoms in total. The maximum absolute atomic E-state index is 8.81. The van der Waals surface area contributed by atoms with E-state index in [2.05, 4.69) is 12.1 Å². The van der Waals surface area contributed by atoms with Crippen LogP contribution < -0.4 is 5.14 Å². The zero-order chi connectivity index (χ0) is 6.57. The van der Waals surface area contributed by atoms with Gasteiger partial charge < -0.3 is 0 Å². The maximum atomic E-state index is 8.81. The first-order valence-electron chi connectivity index (χ1n) is 2.52. The molecule has 1 rings (SSSR count). The van der Waals surface area contributed by atoms with Crippen molar-refractivity contribution in [2.24, 2.45) is 11.1 Å². The van der Waals surface area contributed by atoms with Crippen molar-refractivity contribution in [3.05, 3.63) is 0 Å². The first-order valence-corrected chi connectivity index (χ1v) is 3.76. The van der Waals surface area contributed by atoms with Crippen molar-refractivity contribution in [1.29, 1.82) is 0 Å². The van der Waals surface area contributed by atoms with E-state index in [9.17, 15) is 0 Å². The molecule has 0 spiro atoms. The smallest absolute Gasteiger partial charge is 0.198 e. The summed E-state index contributed by atoms with van der Waals surface area (Å²) in [6.45, 7) is 2.28. The molecule has 0 aromatic carbocycles. The average Bonchev–Trinajstić information content (AvgIpc) is 2.19. The second-order valence-corrected chi connectivity index (χ2v) is 2.54. The van der Waals surface area contributed by atoms with Crippen LogP contribution in [0.15, 0.2) is 0 Å². The van der Waals surface area contributed by atoms with E-state index in [1.165, 1.54) is 12.8 Å². The fourth-order valence-corrected chi connectivity index (χ4v) is 0.167. The third-order valence-electron chi connectivity index (χ3n) is 0.866. The summed E-state index contributed by atoms with van der Waals surface area (Å²) in [5, 5.41) is 4.06. The Morgan fingerprint density at radius 3 is 1.62 bits per heavy atom. The molecule has 8 heavy (non-hydrogen) atoms. The number of nitrogens with two attached hydrogens (primary N) is 1. The molecule has 0 saturated heterocycles. The Balaban J connectivity index is 0.000000122. The Bertz CT molecular complexity index is 109. The average molecular weight is 137 g/mol. The highest BCUT2D eigenvalue weighted by Crippen LogP contribution is 2.26. The highest BCUT2D eigenvalue weighted by molar-refractivity contribution is 7.69. The quantitative estimate of drug-likeness (QED) is 0.457. The van der Waals surface area contributed by atoms with Crippen LogP contribution in [-0.2, 0) is 10.9 Å². The van der Waals surface area contributed by atoms with Gasteiger partial charge in [0.1, 0.15) is 0 Å². The van der Waals surface area contributed by atoms with Gasteiger partial charge in [0.15, 0.2) is 10.9 Å². The summed E-state index contributed by atoms with van der Waals surface area (Å²) >= 11 is 0. The van der Waals surface area contributed by atoms with Crippen LogP contribution >= 0.6 is 0 Å². The van der Waals surface area contributed by atoms with Crippen LogP contribution in [0.5, 0.6) is 0 Å². The topological polar surface area (TPSA) is 60.2 Å². The standard InChI is InChI=1S/C4H8.H3NO2S/c1-4-2-3-4;1-4(2)3/h4H,2-3H2,1H3;4H,(H2,1,2,3). The minimum Gasteiger partial charge on any atom is -0.231 e. The lowest BCUT2D eigenvalue weighted by Crippen LogP contribution is -1.85. The molecule has 50 valence electrons. The summed E-state index contributed by atoms with van der Waals surface area (Å²) in [6, 6.07) is 0. The minimum atomic E-state index is -2.62. The van der Waals surface area contributed by atoms with Crippen molar-refractivity contribution in [2.45, 2.75) is 19.8 Å². The Kier molecular flexibility index (Phi) is 3.81. The van der Waals surface area contributed by atoms with Crippen LogP contribution in [0.3, 0.4) is 0 Å². The van der Waals surface area contributed by atoms with Gasteiger partial charge in [-0.1, -0.05) is 19.8 Å². The van der Waals surface area contributed by atoms with Gasteiger partial charge in [-0.25, -0.2) is 13.6 Å². The summed E-state index contributed by atoms with van der Waals surface area (Å²) in [5.41, 5.74) is 0. The van der Waals surface area contributed by atoms with E-state index < -0.39 is 10.9 Å². The van der Waals surface area contributed by atoms with Gasteiger partial charge in [0.25, 0.3) is 0 Å². The molecular weight excluding hydrogens is 126 g/mol. The molecule has 0 amide bonds. The minimum absolute atomic E-state index is 1.08. The SMILES string of the molecule is CC1CC1.N[SH](=O)=O. The Hall–Kier alpha value is -0.0900. The molecule has 1 aliphatic rings. The third-order valence-corrected chi connectivity index (χ3v) is 0.866. The van der Waals surface area contributed by atoms with Crippen molar-refractivity contribution >= 4 is 10.9 Å². The van der Waals surface area contributed by atoms with Crippen LogP contribution in [0.2, 0.25) is 0 Å². The van der Waals surface area contributed by atoms with Crippen LogP contribution in [0, 0.1) is 5.92 Å². The van der Waals surface area contributed by atoms with Gasteiger partial charge in [-0.15, -0.1) is 0 Å². The maximum Gasteiger partial charge on any atom is 0.198 e. The van der Waals surface area contributed by atoms with E-state index in [0.29, 0.717) is 0 Å². The molecule has 1 saturated carbocycles. The summed E-state index contributed by atoms with van der Waals surface area (Å²) in [5.74, 6) is 1.08. The largest absolute Gasteiger partial charge is 0.231 e. The zero-order valence-electron chi connectivity index (χ0n) is 4.83. The lowest BCUT2D eigenvalue weighted by molar-refractivity contribution is 0.616. The summed E-state index contributed by atoms with van der Waals surface area (Å²) in [7, 11) is -2.62. The van der Waals surface area contributed by atoms with Gasteiger partial charge in [0, 0.05) is 0 Å². The summed E-state index contributed by atoms with van der Waals surface area (Å²) in [6.07, 6.45) is 2.97. The first-order chi connectivity index (χ1) is 3.63. The van der Waals surface area contributed by atoms with Crippen LogP contribution in [0.4, 0.5) is 0 Å². The van der Waals surface area contributed by atoms with Gasteiger partial charge in [-0.3, -0.25) is 0 Å². The lowest BCUT2D eigenvalue weighted by atomic mass is 10.5. The molecule has 0 heterocycles. The van der Waals surface area contributed by atoms with E-state index in [1.807, 2.05) is 0 Å². The fraction of sp³-hybridized carbons (Fsp3) is 1.00. The molecule has 0 aliphatic heterocycles. The second kappa shape index (κ2) is 3.86. The molecule has 0 unspecified atom stereocenters. The van der Waals surface area contributed by atoms with Crippen molar-refractivity contribution in [3.63, 3.8) is 0 Å². The van der Waals surface area contributed by atoms with Gasteiger partial charge in [-0.05, 0) is 5.92 Å². The highest BCUT2D eigenvalue weighted by Gasteiger charge is 2.12. The van der Waals surface area contributed by atoms with Gasteiger partial charge in [0.2, 0.25) is 0 Å². The van der Waals surface area contributed by atoms with Crippen LogP contribution in [0.1, 0.15) is 19.8 Å². The van der Waals surface area contributed by atoms with Gasteiger partial charge in [-0.2, -0.15) is 0 Å². The van der Waals surface area contributed by atoms with E-state index >= 15 is 0 Å². The second-order valence-electron chi connectivity index (χ2n) is 1.97. The predicted octanol–water partition coefficient (Wildman–Crippen LogP) is -0.112. The third kappa shape index (κ3) is 16.8.